The third-order valence-electron chi connectivity index (χ3n) is 5.62. The lowest BCUT2D eigenvalue weighted by Gasteiger charge is -2.22. The average Bonchev–Trinajstić information content (AvgIpc) is 2.82. The zero-order valence-electron chi connectivity index (χ0n) is 19.8. The molecule has 0 heterocycles. The molecule has 0 saturated carbocycles. The minimum atomic E-state index is -0.366. The quantitative estimate of drug-likeness (QED) is 0.386. The number of urea groups is 1. The van der Waals surface area contributed by atoms with E-state index in [-0.39, 0.29) is 36.4 Å². The van der Waals surface area contributed by atoms with Crippen LogP contribution in [0.4, 0.5) is 10.5 Å². The Bertz CT molecular complexity index is 1040. The average molecular weight is 444 g/mol. The van der Waals surface area contributed by atoms with Gasteiger partial charge in [-0.25, -0.2) is 4.79 Å². The first-order chi connectivity index (χ1) is 15.9. The van der Waals surface area contributed by atoms with Crippen molar-refractivity contribution >= 4 is 17.6 Å². The van der Waals surface area contributed by atoms with Gasteiger partial charge >= 0.3 is 6.03 Å². The van der Waals surface area contributed by atoms with Crippen LogP contribution in [0.15, 0.2) is 78.9 Å². The Morgan fingerprint density at radius 3 is 1.82 bits per heavy atom. The molecule has 0 saturated heterocycles. The predicted molar refractivity (Wildman–Crippen MR) is 135 cm³/mol. The number of carbonyl (C=O) groups is 2. The van der Waals surface area contributed by atoms with E-state index in [2.05, 4.69) is 55.8 Å². The summed E-state index contributed by atoms with van der Waals surface area (Å²) in [5.41, 5.74) is 4.58. The lowest BCUT2D eigenvalue weighted by molar-refractivity contribution is 0.0936. The number of nitrogens with one attached hydrogen (secondary N) is 3. The van der Waals surface area contributed by atoms with Gasteiger partial charge in [-0.15, -0.1) is 0 Å². The molecule has 0 aliphatic carbocycles. The van der Waals surface area contributed by atoms with Gasteiger partial charge in [0.1, 0.15) is 0 Å². The number of amides is 3. The van der Waals surface area contributed by atoms with E-state index >= 15 is 0 Å². The summed E-state index contributed by atoms with van der Waals surface area (Å²) in [6.45, 7) is 8.73. The summed E-state index contributed by atoms with van der Waals surface area (Å²) in [4.78, 5) is 25.7. The summed E-state index contributed by atoms with van der Waals surface area (Å²) in [6, 6.07) is 24.2. The second kappa shape index (κ2) is 11.3. The summed E-state index contributed by atoms with van der Waals surface area (Å²) in [5.74, 6) is 0.376. The van der Waals surface area contributed by atoms with Crippen LogP contribution in [0, 0.1) is 0 Å². The Morgan fingerprint density at radius 1 is 0.727 bits per heavy atom. The Hall–Kier alpha value is -3.60. The summed E-state index contributed by atoms with van der Waals surface area (Å²) >= 11 is 0. The zero-order valence-corrected chi connectivity index (χ0v) is 19.8. The maximum atomic E-state index is 12.9. The van der Waals surface area contributed by atoms with Crippen molar-refractivity contribution in [1.82, 2.24) is 10.6 Å². The highest BCUT2D eigenvalue weighted by Crippen LogP contribution is 2.32. The molecule has 0 spiro atoms. The van der Waals surface area contributed by atoms with Crippen molar-refractivity contribution in [3.8, 4) is 0 Å². The number of benzene rings is 3. The first-order valence-corrected chi connectivity index (χ1v) is 11.4. The van der Waals surface area contributed by atoms with Gasteiger partial charge in [-0.1, -0.05) is 94.4 Å². The van der Waals surface area contributed by atoms with Crippen LogP contribution in [0.5, 0.6) is 0 Å². The number of para-hydroxylation sites is 1. The zero-order chi connectivity index (χ0) is 23.8. The van der Waals surface area contributed by atoms with Crippen LogP contribution >= 0.6 is 0 Å². The molecule has 0 aliphatic heterocycles. The second-order valence-electron chi connectivity index (χ2n) is 8.76. The van der Waals surface area contributed by atoms with E-state index in [9.17, 15) is 9.59 Å². The molecule has 1 unspecified atom stereocenters. The van der Waals surface area contributed by atoms with Gasteiger partial charge in [0.15, 0.2) is 0 Å². The van der Waals surface area contributed by atoms with E-state index in [0.29, 0.717) is 5.56 Å². The topological polar surface area (TPSA) is 70.2 Å². The summed E-state index contributed by atoms with van der Waals surface area (Å²) in [6.07, 6.45) is 0. The fourth-order valence-electron chi connectivity index (χ4n) is 3.82. The minimum Gasteiger partial charge on any atom is -0.343 e. The second-order valence-corrected chi connectivity index (χ2v) is 8.76. The molecule has 0 radical (unpaired) electrons. The Morgan fingerprint density at radius 2 is 1.27 bits per heavy atom. The Labute approximate surface area is 196 Å². The van der Waals surface area contributed by atoms with Crippen LogP contribution in [-0.4, -0.2) is 18.5 Å². The van der Waals surface area contributed by atoms with Gasteiger partial charge in [0, 0.05) is 17.8 Å². The molecule has 3 N–H and O–H groups in total. The summed E-state index contributed by atoms with van der Waals surface area (Å²) < 4.78 is 0. The number of rotatable bonds is 8. The van der Waals surface area contributed by atoms with Gasteiger partial charge < -0.3 is 16.0 Å². The van der Waals surface area contributed by atoms with Crippen molar-refractivity contribution in [2.45, 2.75) is 45.6 Å². The van der Waals surface area contributed by atoms with Crippen LogP contribution in [0.2, 0.25) is 0 Å². The summed E-state index contributed by atoms with van der Waals surface area (Å²) in [5, 5.41) is 9.07. The lowest BCUT2D eigenvalue weighted by atomic mass is 9.93. The highest BCUT2D eigenvalue weighted by Gasteiger charge is 2.19. The van der Waals surface area contributed by atoms with Crippen molar-refractivity contribution in [1.29, 1.82) is 0 Å². The number of anilines is 1. The number of hydrogen-bond donors (Lipinski definition) is 3. The van der Waals surface area contributed by atoms with Gasteiger partial charge in [-0.2, -0.15) is 0 Å². The highest BCUT2D eigenvalue weighted by molar-refractivity contribution is 5.94. The fraction of sp³-hybridized carbons (Fsp3) is 0.286. The normalized spacial score (nSPS) is 11.8. The Kier molecular flexibility index (Phi) is 8.25. The molecule has 0 fully saturated rings. The molecule has 172 valence electrons. The molecule has 3 rings (SSSR count). The molecule has 5 nitrogen and oxygen atoms in total. The van der Waals surface area contributed by atoms with Gasteiger partial charge in [0.05, 0.1) is 6.04 Å². The SMILES string of the molecule is CC(C)c1cccc(C(C)C)c1NC(=O)NCC(NC(=O)c1ccccc1)c1ccccc1. The molecule has 3 amide bonds. The molecular formula is C28H33N3O2. The predicted octanol–water partition coefficient (Wildman–Crippen LogP) is 6.23. The van der Waals surface area contributed by atoms with Gasteiger partial charge in [-0.05, 0) is 40.7 Å². The first-order valence-electron chi connectivity index (χ1n) is 11.4. The van der Waals surface area contributed by atoms with Crippen molar-refractivity contribution in [2.24, 2.45) is 0 Å². The van der Waals surface area contributed by atoms with Crippen LogP contribution in [0.1, 0.15) is 72.6 Å². The lowest BCUT2D eigenvalue weighted by Crippen LogP contribution is -2.39. The molecule has 0 bridgehead atoms. The molecule has 1 atom stereocenters. The third kappa shape index (κ3) is 6.45. The van der Waals surface area contributed by atoms with E-state index in [0.717, 1.165) is 22.4 Å². The molecule has 0 aliphatic rings. The molecule has 33 heavy (non-hydrogen) atoms. The van der Waals surface area contributed by atoms with Crippen molar-refractivity contribution in [3.05, 3.63) is 101 Å². The van der Waals surface area contributed by atoms with Crippen molar-refractivity contribution < 1.29 is 9.59 Å². The number of hydrogen-bond acceptors (Lipinski definition) is 2. The van der Waals surface area contributed by atoms with Gasteiger partial charge in [-0.3, -0.25) is 4.79 Å². The highest BCUT2D eigenvalue weighted by atomic mass is 16.2. The maximum Gasteiger partial charge on any atom is 0.319 e. The Balaban J connectivity index is 1.75. The standard InChI is InChI=1S/C28H33N3O2/c1-19(2)23-16-11-17-24(20(3)4)26(23)31-28(33)29-18-25(21-12-7-5-8-13-21)30-27(32)22-14-9-6-10-15-22/h5-17,19-20,25H,18H2,1-4H3,(H,30,32)(H2,29,31,33). The van der Waals surface area contributed by atoms with E-state index < -0.39 is 0 Å². The third-order valence-corrected chi connectivity index (χ3v) is 5.62. The molecule has 5 heteroatoms. The fourth-order valence-corrected chi connectivity index (χ4v) is 3.82. The van der Waals surface area contributed by atoms with E-state index in [1.807, 2.05) is 54.6 Å². The minimum absolute atomic E-state index is 0.182. The van der Waals surface area contributed by atoms with Crippen molar-refractivity contribution in [2.75, 3.05) is 11.9 Å². The van der Waals surface area contributed by atoms with Gasteiger partial charge in [0.25, 0.3) is 5.91 Å². The largest absolute Gasteiger partial charge is 0.343 e. The summed E-state index contributed by atoms with van der Waals surface area (Å²) in [7, 11) is 0. The maximum absolute atomic E-state index is 12.9. The van der Waals surface area contributed by atoms with E-state index in [4.69, 9.17) is 0 Å². The number of carbonyl (C=O) groups excluding carboxylic acids is 2. The van der Waals surface area contributed by atoms with E-state index in [1.54, 1.807) is 12.1 Å². The molecular weight excluding hydrogens is 410 g/mol. The van der Waals surface area contributed by atoms with Crippen LogP contribution in [-0.2, 0) is 0 Å². The van der Waals surface area contributed by atoms with Crippen molar-refractivity contribution in [3.63, 3.8) is 0 Å². The smallest absolute Gasteiger partial charge is 0.319 e. The van der Waals surface area contributed by atoms with Crippen LogP contribution in [0.3, 0.4) is 0 Å². The van der Waals surface area contributed by atoms with E-state index in [1.165, 1.54) is 0 Å². The first kappa shape index (κ1) is 24.1. The van der Waals surface area contributed by atoms with Crippen LogP contribution in [0.25, 0.3) is 0 Å². The molecule has 3 aromatic rings. The van der Waals surface area contributed by atoms with Gasteiger partial charge in [0.2, 0.25) is 0 Å². The van der Waals surface area contributed by atoms with Crippen LogP contribution < -0.4 is 16.0 Å². The molecule has 3 aromatic carbocycles. The molecule has 0 aromatic heterocycles. The monoisotopic (exact) mass is 443 g/mol.